The summed E-state index contributed by atoms with van der Waals surface area (Å²) in [5.74, 6) is -7.08. The average Bonchev–Trinajstić information content (AvgIpc) is 1.56. The molecule has 17 aliphatic carbocycles. The van der Waals surface area contributed by atoms with Crippen molar-refractivity contribution in [2.24, 2.45) is 16.2 Å². The number of benzene rings is 12. The summed E-state index contributed by atoms with van der Waals surface area (Å²) in [7, 11) is 0. The Morgan fingerprint density at radius 2 is 0.757 bits per heavy atom. The molecule has 74 heavy (non-hydrogen) atoms. The first-order valence-electron chi connectivity index (χ1n) is 26.9. The normalized spacial score (nSPS) is 35.8. The summed E-state index contributed by atoms with van der Waals surface area (Å²) in [6.45, 7) is 0. The highest BCUT2D eigenvalue weighted by Gasteiger charge is 3.07. The maximum Gasteiger partial charge on any atom is 0.323 e. The molecule has 0 bridgehead atoms. The third-order valence-corrected chi connectivity index (χ3v) is 29.1. The van der Waals surface area contributed by atoms with Crippen molar-refractivity contribution >= 4 is 202 Å². The number of carboxylic acids is 4. The van der Waals surface area contributed by atoms with Gasteiger partial charge in [-0.05, 0) is 273 Å². The van der Waals surface area contributed by atoms with Crippen LogP contribution in [0.1, 0.15) is 113 Å². The van der Waals surface area contributed by atoms with E-state index < -0.39 is 68.2 Å². The molecule has 34 rings (SSSR count). The van der Waals surface area contributed by atoms with Crippen LogP contribution in [0, 0.1) is 16.2 Å². The third kappa shape index (κ3) is 1.31. The van der Waals surface area contributed by atoms with Crippen LogP contribution >= 0.6 is 0 Å². The lowest BCUT2D eigenvalue weighted by Crippen LogP contribution is -2.40. The van der Waals surface area contributed by atoms with Crippen LogP contribution in [-0.4, -0.2) is 44.3 Å². The zero-order chi connectivity index (χ0) is 45.6. The van der Waals surface area contributed by atoms with Crippen molar-refractivity contribution in [3.05, 3.63) is 83.1 Å². The fraction of sp³-hybridized carbons (Fsp3) is 0.182. The van der Waals surface area contributed by atoms with Crippen LogP contribution in [0.5, 0.6) is 0 Å². The highest BCUT2D eigenvalue weighted by atomic mass is 16.4. The summed E-state index contributed by atoms with van der Waals surface area (Å²) in [6.07, 6.45) is 0. The average molecular weight is 931 g/mol. The van der Waals surface area contributed by atoms with E-state index in [1.54, 1.807) is 0 Å². The van der Waals surface area contributed by atoms with E-state index in [9.17, 15) is 20.4 Å². The molecule has 10 atom stereocenters. The van der Waals surface area contributed by atoms with Gasteiger partial charge in [-0.15, -0.1) is 0 Å². The smallest absolute Gasteiger partial charge is 0.323 e. The maximum atomic E-state index is 15.6. The van der Waals surface area contributed by atoms with Crippen molar-refractivity contribution in [3.8, 4) is 11.1 Å². The lowest BCUT2D eigenvalue weighted by Gasteiger charge is -2.45. The molecule has 17 aromatic rings. The molecule has 322 valence electrons. The standard InChI is InChI=1S/C66H10O8/c67-57(68)65(58(69)70)61-49-33-21-9-1-2-6-4-8-16-23(11(4)9)35(33)51(61)42-30(16)20-28-18(8)26-14(6)22-10(2)12-3-5(1)13(21)25-17-7(3)15-24(12)36-34(22)50-38(26)40(28)54-46-32(20)44(42)55-47-45-31-19(27(17)39(37(25)49)53(45)63(55,61)65)29(15)41-43(31)56(48(46)47)64(54)62(50,52(36)41)66(64,59(71)72)60(73)74/h31,40,42,45,51,54H,(H,67,68)(H,69,70)(H,71,72)(H,73,74)/t31-,40+,42+,45-,51-,54-,61-,62-,63+,64+/m0/s1. The monoisotopic (exact) mass is 930 g/mol. The molecule has 0 aromatic heterocycles. The fourth-order valence-electron chi connectivity index (χ4n) is 30.2. The Bertz CT molecular complexity index is 6870. The van der Waals surface area contributed by atoms with Crippen LogP contribution < -0.4 is 5.22 Å². The van der Waals surface area contributed by atoms with Crippen molar-refractivity contribution < 1.29 is 39.6 Å². The van der Waals surface area contributed by atoms with Gasteiger partial charge in [-0.1, -0.05) is 0 Å². The van der Waals surface area contributed by atoms with Gasteiger partial charge in [0.1, 0.15) is 0 Å². The van der Waals surface area contributed by atoms with Crippen LogP contribution in [0.25, 0.3) is 189 Å². The van der Waals surface area contributed by atoms with Gasteiger partial charge in [-0.25, -0.2) is 0 Å². The second-order valence-electron chi connectivity index (χ2n) is 27.8. The largest absolute Gasteiger partial charge is 0.480 e. The minimum absolute atomic E-state index is 0.252. The van der Waals surface area contributed by atoms with E-state index in [1.807, 2.05) is 0 Å². The van der Waals surface area contributed by atoms with E-state index >= 15 is 19.2 Å². The van der Waals surface area contributed by atoms with Gasteiger partial charge in [0.2, 0.25) is 0 Å². The minimum Gasteiger partial charge on any atom is -0.480 e. The predicted octanol–water partition coefficient (Wildman–Crippen LogP) is 10.8. The molecule has 0 heterocycles. The van der Waals surface area contributed by atoms with Crippen molar-refractivity contribution in [1.29, 1.82) is 0 Å². The van der Waals surface area contributed by atoms with Crippen LogP contribution in [0.2, 0.25) is 0 Å². The number of hydrogen-bond donors (Lipinski definition) is 4. The lowest BCUT2D eigenvalue weighted by molar-refractivity contribution is -0.161. The highest BCUT2D eigenvalue weighted by molar-refractivity contribution is 6.72. The zero-order valence-corrected chi connectivity index (χ0v) is 36.9. The molecule has 4 spiro atoms. The second kappa shape index (κ2) is 6.01. The van der Waals surface area contributed by atoms with Crippen molar-refractivity contribution in [3.63, 3.8) is 0 Å². The first-order valence-corrected chi connectivity index (χ1v) is 26.9. The second-order valence-corrected chi connectivity index (χ2v) is 27.8. The highest BCUT2D eigenvalue weighted by Crippen LogP contribution is 3.06. The summed E-state index contributed by atoms with van der Waals surface area (Å²) in [6, 6.07) is 0. The molecule has 4 N–H and O–H groups in total. The summed E-state index contributed by atoms with van der Waals surface area (Å²) >= 11 is 0. The maximum absolute atomic E-state index is 15.6. The topological polar surface area (TPSA) is 149 Å². The first-order chi connectivity index (χ1) is 36.2. The van der Waals surface area contributed by atoms with E-state index in [4.69, 9.17) is 0 Å². The van der Waals surface area contributed by atoms with Gasteiger partial charge in [-0.2, -0.15) is 0 Å². The molecule has 0 radical (unpaired) electrons. The molecule has 0 saturated heterocycles. The summed E-state index contributed by atoms with van der Waals surface area (Å²) in [4.78, 5) is 62.6. The molecule has 0 amide bonds. The third-order valence-electron chi connectivity index (χ3n) is 29.1. The van der Waals surface area contributed by atoms with Gasteiger partial charge in [0.05, 0.1) is 10.8 Å². The minimum atomic E-state index is -2.23. The van der Waals surface area contributed by atoms with Gasteiger partial charge in [-0.3, -0.25) is 19.2 Å². The van der Waals surface area contributed by atoms with Gasteiger partial charge in [0.15, 0.2) is 10.8 Å². The van der Waals surface area contributed by atoms with Gasteiger partial charge in [0, 0.05) is 46.3 Å². The molecule has 8 heteroatoms. The van der Waals surface area contributed by atoms with Crippen molar-refractivity contribution in [1.82, 2.24) is 0 Å². The Balaban J connectivity index is 1.12. The molecule has 0 aliphatic heterocycles. The molecular weight excluding hydrogens is 921 g/mol. The van der Waals surface area contributed by atoms with E-state index in [2.05, 4.69) is 0 Å². The number of carbonyl (C=O) groups is 4. The number of carboxylic acid groups (broad SMARTS) is 4. The number of hydrogen-bond acceptors (Lipinski definition) is 4. The molecular formula is C66H10O8. The van der Waals surface area contributed by atoms with E-state index in [-0.39, 0.29) is 23.7 Å². The number of allylic oxidation sites excluding steroid dienone is 2. The van der Waals surface area contributed by atoms with Crippen LogP contribution in [0.3, 0.4) is 0 Å². The Labute approximate surface area is 402 Å². The zero-order valence-electron chi connectivity index (χ0n) is 36.9. The van der Waals surface area contributed by atoms with E-state index in [0.29, 0.717) is 0 Å². The molecule has 8 nitrogen and oxygen atoms in total. The summed E-state index contributed by atoms with van der Waals surface area (Å²) < 4.78 is 0. The Hall–Kier alpha value is -8.62. The molecule has 2 fully saturated rings. The van der Waals surface area contributed by atoms with Crippen molar-refractivity contribution in [2.75, 3.05) is 0 Å². The molecule has 17 aromatic carbocycles. The molecule has 0 unspecified atom stereocenters. The SMILES string of the molecule is O=C(O)C1(C(=O)O)[C@]23c4c5c6c7c8c9c%10c%11c%12c%13c%14c%15c%16c%17c%18c%19c%20c(c2c2c4c4c6c6c8c%10c8c%12c%10c%14c(c%15%19)c%12c%20c2c2c4c6c8c%10c%122)[C@@H]%18[C@H]2c4c6c8c%10c(c4-%17)[C@@H]%16[C@H]%13[C@@]%114C(C(=O)O)(C(=O)O)[C@]%104C=9[C@H]8[C@@H]7C5=C6[C@@]213. The Morgan fingerprint density at radius 3 is 1.41 bits per heavy atom. The Kier molecular flexibility index (Phi) is 2.32. The van der Waals surface area contributed by atoms with Crippen LogP contribution in [-0.2, 0) is 35.4 Å². The predicted molar refractivity (Wildman–Crippen MR) is 271 cm³/mol. The van der Waals surface area contributed by atoms with Crippen molar-refractivity contribution in [2.45, 2.75) is 51.8 Å². The number of rotatable bonds is 4. The van der Waals surface area contributed by atoms with Crippen LogP contribution in [0.15, 0.2) is 0 Å². The molecule has 2 saturated carbocycles. The number of aliphatic carboxylic acids is 4. The quantitative estimate of drug-likeness (QED) is 0.101. The first kappa shape index (κ1) is 28.6. The van der Waals surface area contributed by atoms with Gasteiger partial charge >= 0.3 is 23.9 Å². The Morgan fingerprint density at radius 1 is 0.297 bits per heavy atom. The summed E-state index contributed by atoms with van der Waals surface area (Å²) in [5.41, 5.74) is 11.5. The lowest BCUT2D eigenvalue weighted by atomic mass is 9.55. The van der Waals surface area contributed by atoms with Gasteiger partial charge < -0.3 is 20.4 Å². The summed E-state index contributed by atoms with van der Waals surface area (Å²) in [5, 5.41) is 90.5. The van der Waals surface area contributed by atoms with Gasteiger partial charge in [0.25, 0.3) is 0 Å². The van der Waals surface area contributed by atoms with E-state index in [1.165, 1.54) is 184 Å². The van der Waals surface area contributed by atoms with E-state index in [0.717, 1.165) is 88.3 Å². The molecule has 17 aliphatic rings. The van der Waals surface area contributed by atoms with Crippen LogP contribution in [0.4, 0.5) is 0 Å². The fourth-order valence-corrected chi connectivity index (χ4v) is 30.2.